The lowest BCUT2D eigenvalue weighted by Crippen LogP contribution is -2.28. The Morgan fingerprint density at radius 3 is 1.24 bits per heavy atom. The summed E-state index contributed by atoms with van der Waals surface area (Å²) in [6, 6.07) is 17.3. The zero-order valence-electron chi connectivity index (χ0n) is 26.5. The third-order valence-corrected chi connectivity index (χ3v) is 10.6. The van der Waals surface area contributed by atoms with Crippen LogP contribution in [0.5, 0.6) is 11.5 Å². The average molecular weight is 687 g/mol. The monoisotopic (exact) mass is 686 g/mol. The van der Waals surface area contributed by atoms with Gasteiger partial charge in [-0.25, -0.2) is 9.59 Å². The Balaban J connectivity index is 2.10. The van der Waals surface area contributed by atoms with Gasteiger partial charge in [0.25, 0.3) is 0 Å². The van der Waals surface area contributed by atoms with Crippen LogP contribution in [-0.2, 0) is 32.8 Å². The summed E-state index contributed by atoms with van der Waals surface area (Å²) >= 11 is 0. The van der Waals surface area contributed by atoms with Crippen molar-refractivity contribution in [1.29, 1.82) is 0 Å². The molecule has 3 aromatic carbocycles. The Morgan fingerprint density at radius 2 is 0.935 bits per heavy atom. The van der Waals surface area contributed by atoms with E-state index >= 15 is 0 Å². The molecule has 0 amide bonds. The molecule has 0 fully saturated rings. The Bertz CT molecular complexity index is 1530. The molecular weight excluding hydrogens is 649 g/mol. The number of ether oxygens (including phenoxy) is 4. The van der Waals surface area contributed by atoms with Gasteiger partial charge >= 0.3 is 27.6 Å². The fraction of sp³-hybridized carbons (Fsp3) is 0.375. The zero-order chi connectivity index (χ0) is 34.6. The van der Waals surface area contributed by atoms with E-state index in [4.69, 9.17) is 22.6 Å². The average Bonchev–Trinajstić information content (AvgIpc) is 2.92. The molecule has 0 unspecified atom stereocenters. The van der Waals surface area contributed by atoms with Crippen molar-refractivity contribution in [1.82, 2.24) is 0 Å². The Labute approximate surface area is 268 Å². The quantitative estimate of drug-likeness (QED) is 0.149. The lowest BCUT2D eigenvalue weighted by molar-refractivity contribution is -0.158. The van der Waals surface area contributed by atoms with Crippen LogP contribution in [0.3, 0.4) is 0 Å². The molecule has 0 saturated carbocycles. The van der Waals surface area contributed by atoms with Crippen molar-refractivity contribution in [2.45, 2.75) is 79.9 Å². The fourth-order valence-electron chi connectivity index (χ4n) is 3.91. The number of benzene rings is 3. The summed E-state index contributed by atoms with van der Waals surface area (Å²) in [5, 5.41) is 0. The van der Waals surface area contributed by atoms with E-state index in [9.17, 15) is 31.2 Å². The van der Waals surface area contributed by atoms with Crippen LogP contribution in [0, 0.1) is 6.92 Å². The largest absolute Gasteiger partial charge is 0.524 e. The van der Waals surface area contributed by atoms with E-state index < -0.39 is 62.3 Å². The molecule has 0 bridgehead atoms. The number of carbonyl (C=O) groups excluding carboxylic acids is 2. The van der Waals surface area contributed by atoms with E-state index in [0.717, 1.165) is 5.56 Å². The third kappa shape index (κ3) is 9.87. The van der Waals surface area contributed by atoms with Gasteiger partial charge in [0.1, 0.15) is 22.7 Å². The standard InChI is InChI=1S/C32H37F3O9S2/c1-22-8-14-25(15-9-22)45(44-46(38,39)32(33,34)35,26-16-10-23(11-17-26)40-20-28(36)42-30(2,3)4)27-18-12-24(13-19-27)41-21-29(37)43-31(5,6)7/h8-19H,20-21H2,1-7H3. The molecule has 0 aliphatic heterocycles. The van der Waals surface area contributed by atoms with Gasteiger partial charge in [-0.15, -0.1) is 0 Å². The minimum atomic E-state index is -6.16. The normalized spacial score (nSPS) is 13.1. The molecule has 3 rings (SSSR count). The van der Waals surface area contributed by atoms with E-state index in [2.05, 4.69) is 0 Å². The molecule has 252 valence electrons. The molecule has 0 N–H and O–H groups in total. The minimum Gasteiger partial charge on any atom is -0.482 e. The molecule has 0 spiro atoms. The first-order valence-corrected chi connectivity index (χ1v) is 16.9. The molecular formula is C32H37F3O9S2. The first kappa shape index (κ1) is 36.7. The smallest absolute Gasteiger partial charge is 0.482 e. The number of alkyl halides is 3. The van der Waals surface area contributed by atoms with Crippen LogP contribution in [0.25, 0.3) is 0 Å². The van der Waals surface area contributed by atoms with Crippen LogP contribution >= 0.6 is 10.3 Å². The van der Waals surface area contributed by atoms with E-state index in [1.165, 1.54) is 60.7 Å². The van der Waals surface area contributed by atoms with Gasteiger partial charge in [0.05, 0.1) is 0 Å². The van der Waals surface area contributed by atoms with Crippen molar-refractivity contribution in [3.63, 3.8) is 0 Å². The molecule has 0 aliphatic rings. The van der Waals surface area contributed by atoms with Crippen molar-refractivity contribution in [3.05, 3.63) is 78.4 Å². The summed E-state index contributed by atoms with van der Waals surface area (Å²) in [5.41, 5.74) is -6.44. The summed E-state index contributed by atoms with van der Waals surface area (Å²) in [6.07, 6.45) is 0. The molecule has 9 nitrogen and oxygen atoms in total. The van der Waals surface area contributed by atoms with Crippen molar-refractivity contribution in [2.24, 2.45) is 0 Å². The highest BCUT2D eigenvalue weighted by atomic mass is 32.3. The second-order valence-electron chi connectivity index (χ2n) is 12.0. The van der Waals surface area contributed by atoms with Gasteiger partial charge in [0.2, 0.25) is 0 Å². The van der Waals surface area contributed by atoms with Crippen molar-refractivity contribution < 1.29 is 53.8 Å². The third-order valence-electron chi connectivity index (χ3n) is 5.69. The predicted octanol–water partition coefficient (Wildman–Crippen LogP) is 7.50. The van der Waals surface area contributed by atoms with Crippen molar-refractivity contribution in [2.75, 3.05) is 13.2 Å². The zero-order valence-corrected chi connectivity index (χ0v) is 28.1. The second-order valence-corrected chi connectivity index (χ2v) is 16.5. The summed E-state index contributed by atoms with van der Waals surface area (Å²) in [4.78, 5) is 24.5. The first-order valence-electron chi connectivity index (χ1n) is 13.9. The topological polar surface area (TPSA) is 114 Å². The van der Waals surface area contributed by atoms with Gasteiger partial charge < -0.3 is 18.9 Å². The van der Waals surface area contributed by atoms with Crippen molar-refractivity contribution >= 4 is 32.4 Å². The Kier molecular flexibility index (Phi) is 11.1. The molecule has 0 atom stereocenters. The van der Waals surface area contributed by atoms with E-state index in [-0.39, 0.29) is 26.2 Å². The lowest BCUT2D eigenvalue weighted by Gasteiger charge is -2.39. The van der Waals surface area contributed by atoms with Crippen LogP contribution in [0.4, 0.5) is 13.2 Å². The van der Waals surface area contributed by atoms with Crippen molar-refractivity contribution in [3.8, 4) is 11.5 Å². The maximum atomic E-state index is 13.9. The van der Waals surface area contributed by atoms with E-state index in [1.807, 2.05) is 0 Å². The van der Waals surface area contributed by atoms with E-state index in [1.54, 1.807) is 60.6 Å². The fourth-order valence-corrected chi connectivity index (χ4v) is 8.61. The number of aryl methyl sites for hydroxylation is 1. The highest BCUT2D eigenvalue weighted by molar-refractivity contribution is 8.33. The van der Waals surface area contributed by atoms with Gasteiger partial charge in [-0.1, -0.05) is 17.7 Å². The van der Waals surface area contributed by atoms with Gasteiger partial charge in [0, 0.05) is 14.7 Å². The number of hydrogen-bond acceptors (Lipinski definition) is 9. The van der Waals surface area contributed by atoms with Gasteiger partial charge in [-0.2, -0.15) is 25.2 Å². The van der Waals surface area contributed by atoms with Crippen LogP contribution in [0.2, 0.25) is 0 Å². The lowest BCUT2D eigenvalue weighted by atomic mass is 10.2. The number of carbonyl (C=O) groups is 2. The van der Waals surface area contributed by atoms with Crippen LogP contribution < -0.4 is 9.47 Å². The molecule has 14 heteroatoms. The van der Waals surface area contributed by atoms with Gasteiger partial charge in [0.15, 0.2) is 13.2 Å². The summed E-state index contributed by atoms with van der Waals surface area (Å²) < 4.78 is 93.7. The molecule has 0 aromatic heterocycles. The molecule has 3 aromatic rings. The number of hydrogen-bond donors (Lipinski definition) is 0. The Morgan fingerprint density at radius 1 is 0.609 bits per heavy atom. The van der Waals surface area contributed by atoms with Gasteiger partial charge in [-0.05, 0) is 119 Å². The number of rotatable bonds is 11. The summed E-state index contributed by atoms with van der Waals surface area (Å²) in [7, 11) is -9.79. The highest BCUT2D eigenvalue weighted by Crippen LogP contribution is 2.70. The minimum absolute atomic E-state index is 0.0798. The predicted molar refractivity (Wildman–Crippen MR) is 165 cm³/mol. The van der Waals surface area contributed by atoms with Crippen LogP contribution in [0.1, 0.15) is 47.1 Å². The summed E-state index contributed by atoms with van der Waals surface area (Å²) in [6.45, 7) is 11.1. The summed E-state index contributed by atoms with van der Waals surface area (Å²) in [5.74, 6) is -0.915. The van der Waals surface area contributed by atoms with Crippen LogP contribution in [-0.4, -0.2) is 50.3 Å². The van der Waals surface area contributed by atoms with E-state index in [0.29, 0.717) is 0 Å². The Hall–Kier alpha value is -3.75. The first-order chi connectivity index (χ1) is 21.1. The molecule has 0 heterocycles. The number of halogens is 3. The maximum Gasteiger partial charge on any atom is 0.524 e. The SMILES string of the molecule is Cc1ccc(S(OS(=O)(=O)C(F)(F)F)(c2ccc(OCC(=O)OC(C)(C)C)cc2)c2ccc(OCC(=O)OC(C)(C)C)cc2)cc1. The molecule has 0 radical (unpaired) electrons. The molecule has 46 heavy (non-hydrogen) atoms. The second kappa shape index (κ2) is 13.9. The van der Waals surface area contributed by atoms with Gasteiger partial charge in [-0.3, -0.25) is 0 Å². The molecule has 0 aliphatic carbocycles. The van der Waals surface area contributed by atoms with Crippen LogP contribution in [0.15, 0.2) is 87.5 Å². The maximum absolute atomic E-state index is 13.9. The molecule has 0 saturated heterocycles. The number of esters is 2. The highest BCUT2D eigenvalue weighted by Gasteiger charge is 2.52.